The summed E-state index contributed by atoms with van der Waals surface area (Å²) in [6.07, 6.45) is 0.907. The Labute approximate surface area is 159 Å². The van der Waals surface area contributed by atoms with Gasteiger partial charge in [0.05, 0.1) is 27.9 Å². The summed E-state index contributed by atoms with van der Waals surface area (Å²) in [7, 11) is 4.77. The van der Waals surface area contributed by atoms with Gasteiger partial charge in [-0.3, -0.25) is 0 Å². The van der Waals surface area contributed by atoms with Crippen LogP contribution >= 0.6 is 0 Å². The van der Waals surface area contributed by atoms with Gasteiger partial charge >= 0.3 is 0 Å². The second kappa shape index (κ2) is 8.08. The number of aromatic hydroxyl groups is 1. The number of ether oxygens (including phenoxy) is 4. The molecule has 0 radical (unpaired) electrons. The maximum Gasteiger partial charge on any atom is 0.161 e. The molecule has 0 bridgehead atoms. The second-order valence-electron chi connectivity index (χ2n) is 6.10. The molecule has 3 aromatic carbocycles. The number of rotatable bonds is 7. The Kier molecular flexibility index (Phi) is 5.60. The Morgan fingerprint density at radius 1 is 0.778 bits per heavy atom. The molecule has 0 aliphatic carbocycles. The van der Waals surface area contributed by atoms with E-state index in [2.05, 4.69) is 6.92 Å². The highest BCUT2D eigenvalue weighted by Gasteiger charge is 2.15. The fourth-order valence-corrected chi connectivity index (χ4v) is 3.04. The van der Waals surface area contributed by atoms with Crippen LogP contribution in [0.5, 0.6) is 28.7 Å². The van der Waals surface area contributed by atoms with Gasteiger partial charge in [-0.05, 0) is 41.6 Å². The summed E-state index contributed by atoms with van der Waals surface area (Å²) in [5, 5.41) is 12.5. The van der Waals surface area contributed by atoms with Gasteiger partial charge in [-0.25, -0.2) is 0 Å². The monoisotopic (exact) mass is 368 g/mol. The normalized spacial score (nSPS) is 10.7. The summed E-state index contributed by atoms with van der Waals surface area (Å²) < 4.78 is 21.9. The summed E-state index contributed by atoms with van der Waals surface area (Å²) >= 11 is 0. The van der Waals surface area contributed by atoms with Crippen molar-refractivity contribution in [2.45, 2.75) is 13.3 Å². The minimum absolute atomic E-state index is 0.181. The molecular formula is C22H24O5. The highest BCUT2D eigenvalue weighted by Crippen LogP contribution is 2.42. The summed E-state index contributed by atoms with van der Waals surface area (Å²) in [6.45, 7) is 2.66. The SMILES string of the molecule is CCCOc1cc2ccc(-c3ccc(OC)c(OC)c3)c(O)c2cc1OC. The van der Waals surface area contributed by atoms with Gasteiger partial charge in [0.1, 0.15) is 5.75 Å². The number of methoxy groups -OCH3 is 3. The lowest BCUT2D eigenvalue weighted by molar-refractivity contribution is 0.295. The zero-order valence-electron chi connectivity index (χ0n) is 16.0. The van der Waals surface area contributed by atoms with E-state index in [1.54, 1.807) is 27.4 Å². The van der Waals surface area contributed by atoms with Gasteiger partial charge in [-0.15, -0.1) is 0 Å². The minimum atomic E-state index is 0.181. The lowest BCUT2D eigenvalue weighted by atomic mass is 9.99. The first kappa shape index (κ1) is 18.7. The zero-order chi connectivity index (χ0) is 19.4. The van der Waals surface area contributed by atoms with Crippen LogP contribution < -0.4 is 18.9 Å². The molecule has 27 heavy (non-hydrogen) atoms. The van der Waals surface area contributed by atoms with Crippen LogP contribution in [0, 0.1) is 0 Å². The van der Waals surface area contributed by atoms with Crippen LogP contribution in [-0.2, 0) is 0 Å². The van der Waals surface area contributed by atoms with Crippen LogP contribution in [0.2, 0.25) is 0 Å². The third-order valence-corrected chi connectivity index (χ3v) is 4.43. The Hall–Kier alpha value is -3.08. The Morgan fingerprint density at radius 2 is 1.48 bits per heavy atom. The number of fused-ring (bicyclic) bond motifs is 1. The van der Waals surface area contributed by atoms with Crippen molar-refractivity contribution >= 4 is 10.8 Å². The first-order chi connectivity index (χ1) is 13.1. The smallest absolute Gasteiger partial charge is 0.161 e. The summed E-state index contributed by atoms with van der Waals surface area (Å²) in [5.41, 5.74) is 1.53. The molecule has 5 nitrogen and oxygen atoms in total. The Bertz CT molecular complexity index is 949. The molecule has 0 aliphatic rings. The summed E-state index contributed by atoms with van der Waals surface area (Å²) in [5.74, 6) is 2.69. The minimum Gasteiger partial charge on any atom is -0.507 e. The molecule has 0 amide bonds. The van der Waals surface area contributed by atoms with Gasteiger partial charge in [0, 0.05) is 10.9 Å². The topological polar surface area (TPSA) is 57.2 Å². The molecule has 3 rings (SSSR count). The van der Waals surface area contributed by atoms with Crippen molar-refractivity contribution in [1.82, 2.24) is 0 Å². The third-order valence-electron chi connectivity index (χ3n) is 4.43. The van der Waals surface area contributed by atoms with Gasteiger partial charge in [0.25, 0.3) is 0 Å². The first-order valence-corrected chi connectivity index (χ1v) is 8.81. The van der Waals surface area contributed by atoms with E-state index in [4.69, 9.17) is 18.9 Å². The third kappa shape index (κ3) is 3.58. The molecule has 0 atom stereocenters. The van der Waals surface area contributed by atoms with E-state index in [1.165, 1.54) is 0 Å². The average Bonchev–Trinajstić information content (AvgIpc) is 2.71. The van der Waals surface area contributed by atoms with Crippen LogP contribution in [0.3, 0.4) is 0 Å². The molecule has 0 unspecified atom stereocenters. The van der Waals surface area contributed by atoms with E-state index in [0.29, 0.717) is 40.6 Å². The molecule has 3 aromatic rings. The molecule has 142 valence electrons. The van der Waals surface area contributed by atoms with E-state index in [9.17, 15) is 5.11 Å². The Balaban J connectivity index is 2.12. The van der Waals surface area contributed by atoms with Crippen LogP contribution in [0.15, 0.2) is 42.5 Å². The fraction of sp³-hybridized carbons (Fsp3) is 0.273. The second-order valence-corrected chi connectivity index (χ2v) is 6.10. The van der Waals surface area contributed by atoms with E-state index < -0.39 is 0 Å². The highest BCUT2D eigenvalue weighted by molar-refractivity contribution is 5.97. The van der Waals surface area contributed by atoms with Crippen molar-refractivity contribution in [3.05, 3.63) is 42.5 Å². The predicted octanol–water partition coefficient (Wildman–Crippen LogP) is 5.03. The van der Waals surface area contributed by atoms with Crippen LogP contribution in [0.1, 0.15) is 13.3 Å². The number of benzene rings is 3. The van der Waals surface area contributed by atoms with Crippen molar-refractivity contribution < 1.29 is 24.1 Å². The molecule has 1 N–H and O–H groups in total. The van der Waals surface area contributed by atoms with Gasteiger partial charge in [0.15, 0.2) is 23.0 Å². The van der Waals surface area contributed by atoms with Crippen molar-refractivity contribution in [2.75, 3.05) is 27.9 Å². The van der Waals surface area contributed by atoms with E-state index >= 15 is 0 Å². The lowest BCUT2D eigenvalue weighted by Gasteiger charge is -2.15. The Morgan fingerprint density at radius 3 is 2.15 bits per heavy atom. The predicted molar refractivity (Wildman–Crippen MR) is 106 cm³/mol. The van der Waals surface area contributed by atoms with Crippen LogP contribution in [0.25, 0.3) is 21.9 Å². The van der Waals surface area contributed by atoms with Crippen molar-refractivity contribution in [2.24, 2.45) is 0 Å². The molecule has 0 saturated carbocycles. The quantitative estimate of drug-likeness (QED) is 0.634. The molecule has 0 aromatic heterocycles. The summed E-state index contributed by atoms with van der Waals surface area (Å²) in [6, 6.07) is 13.1. The zero-order valence-corrected chi connectivity index (χ0v) is 16.0. The lowest BCUT2D eigenvalue weighted by Crippen LogP contribution is -1.98. The molecule has 0 fully saturated rings. The van der Waals surface area contributed by atoms with Crippen molar-refractivity contribution in [1.29, 1.82) is 0 Å². The number of hydrogen-bond acceptors (Lipinski definition) is 5. The van der Waals surface area contributed by atoms with E-state index in [0.717, 1.165) is 17.4 Å². The van der Waals surface area contributed by atoms with Gasteiger partial charge in [0.2, 0.25) is 0 Å². The molecule has 0 heterocycles. The molecule has 5 heteroatoms. The first-order valence-electron chi connectivity index (χ1n) is 8.81. The van der Waals surface area contributed by atoms with Crippen LogP contribution in [0.4, 0.5) is 0 Å². The summed E-state index contributed by atoms with van der Waals surface area (Å²) in [4.78, 5) is 0. The maximum absolute atomic E-state index is 10.9. The van der Waals surface area contributed by atoms with Crippen molar-refractivity contribution in [3.63, 3.8) is 0 Å². The maximum atomic E-state index is 10.9. The number of phenolic OH excluding ortho intramolecular Hbond substituents is 1. The molecule has 0 aliphatic heterocycles. The van der Waals surface area contributed by atoms with E-state index in [-0.39, 0.29) is 5.75 Å². The average molecular weight is 368 g/mol. The van der Waals surface area contributed by atoms with Gasteiger partial charge < -0.3 is 24.1 Å². The fourth-order valence-electron chi connectivity index (χ4n) is 3.04. The number of phenols is 1. The molecule has 0 spiro atoms. The van der Waals surface area contributed by atoms with E-state index in [1.807, 2.05) is 36.4 Å². The molecular weight excluding hydrogens is 344 g/mol. The largest absolute Gasteiger partial charge is 0.507 e. The number of hydrogen-bond donors (Lipinski definition) is 1. The standard InChI is InChI=1S/C22H24O5/c1-5-10-27-21-12-15-6-8-16(22(23)17(15)13-20(21)26-4)14-7-9-18(24-2)19(11-14)25-3/h6-9,11-13,23H,5,10H2,1-4H3. The molecule has 0 saturated heterocycles. The highest BCUT2D eigenvalue weighted by atomic mass is 16.5. The van der Waals surface area contributed by atoms with Crippen molar-refractivity contribution in [3.8, 4) is 39.9 Å². The van der Waals surface area contributed by atoms with Crippen LogP contribution in [-0.4, -0.2) is 33.0 Å². The van der Waals surface area contributed by atoms with Gasteiger partial charge in [-0.2, -0.15) is 0 Å². The van der Waals surface area contributed by atoms with Gasteiger partial charge in [-0.1, -0.05) is 25.1 Å².